The standard InChI is InChI=1S/C9H9F3N2O4/c1-17-4-5-18-8-6(14(15)16)2-3-7(13-8)9(10,11)12/h2-3H,4-5H2,1H3. The van der Waals surface area contributed by atoms with Crippen LogP contribution in [-0.2, 0) is 10.9 Å². The second-order valence-corrected chi connectivity index (χ2v) is 3.12. The molecule has 1 rings (SSSR count). The van der Waals surface area contributed by atoms with Gasteiger partial charge in [-0.3, -0.25) is 10.1 Å². The van der Waals surface area contributed by atoms with E-state index in [1.165, 1.54) is 7.11 Å². The highest BCUT2D eigenvalue weighted by atomic mass is 19.4. The van der Waals surface area contributed by atoms with Gasteiger partial charge in [-0.25, -0.2) is 4.98 Å². The maximum absolute atomic E-state index is 12.4. The van der Waals surface area contributed by atoms with Crippen molar-refractivity contribution in [2.24, 2.45) is 0 Å². The van der Waals surface area contributed by atoms with Gasteiger partial charge in [0.05, 0.1) is 11.5 Å². The molecule has 6 nitrogen and oxygen atoms in total. The Morgan fingerprint density at radius 1 is 1.39 bits per heavy atom. The van der Waals surface area contributed by atoms with E-state index in [2.05, 4.69) is 9.72 Å². The summed E-state index contributed by atoms with van der Waals surface area (Å²) >= 11 is 0. The van der Waals surface area contributed by atoms with E-state index in [1.807, 2.05) is 0 Å². The third kappa shape index (κ3) is 3.55. The van der Waals surface area contributed by atoms with Gasteiger partial charge in [0.1, 0.15) is 12.3 Å². The molecule has 0 atom stereocenters. The second kappa shape index (κ2) is 5.63. The SMILES string of the molecule is COCCOc1nc(C(F)(F)F)ccc1[N+](=O)[O-]. The van der Waals surface area contributed by atoms with Crippen LogP contribution in [0.2, 0.25) is 0 Å². The van der Waals surface area contributed by atoms with E-state index in [0.29, 0.717) is 12.1 Å². The number of aromatic nitrogens is 1. The third-order valence-electron chi connectivity index (χ3n) is 1.85. The average Bonchev–Trinajstić information content (AvgIpc) is 2.27. The van der Waals surface area contributed by atoms with Gasteiger partial charge in [0.15, 0.2) is 0 Å². The minimum absolute atomic E-state index is 0.0785. The average molecular weight is 266 g/mol. The number of ether oxygens (including phenoxy) is 2. The minimum atomic E-state index is -4.69. The fraction of sp³-hybridized carbons (Fsp3) is 0.444. The predicted molar refractivity (Wildman–Crippen MR) is 53.3 cm³/mol. The molecule has 0 saturated carbocycles. The lowest BCUT2D eigenvalue weighted by molar-refractivity contribution is -0.386. The molecule has 0 bridgehead atoms. The Morgan fingerprint density at radius 2 is 2.06 bits per heavy atom. The predicted octanol–water partition coefficient (Wildman–Crippen LogP) is 2.03. The van der Waals surface area contributed by atoms with Crippen molar-refractivity contribution in [2.45, 2.75) is 6.18 Å². The van der Waals surface area contributed by atoms with Crippen LogP contribution in [0.4, 0.5) is 18.9 Å². The highest BCUT2D eigenvalue weighted by Gasteiger charge is 2.34. The van der Waals surface area contributed by atoms with Gasteiger partial charge in [-0.1, -0.05) is 0 Å². The molecule has 0 fully saturated rings. The number of nitro groups is 1. The number of alkyl halides is 3. The summed E-state index contributed by atoms with van der Waals surface area (Å²) in [5.74, 6) is -0.674. The quantitative estimate of drug-likeness (QED) is 0.463. The van der Waals surface area contributed by atoms with Crippen molar-refractivity contribution < 1.29 is 27.6 Å². The van der Waals surface area contributed by atoms with Gasteiger partial charge in [0, 0.05) is 13.2 Å². The third-order valence-corrected chi connectivity index (χ3v) is 1.85. The Kier molecular flexibility index (Phi) is 4.43. The smallest absolute Gasteiger partial charge is 0.433 e. The Bertz CT molecular complexity index is 436. The Labute approximate surface area is 99.5 Å². The second-order valence-electron chi connectivity index (χ2n) is 3.12. The van der Waals surface area contributed by atoms with Crippen LogP contribution in [0.1, 0.15) is 5.69 Å². The van der Waals surface area contributed by atoms with Crippen molar-refractivity contribution in [3.8, 4) is 5.88 Å². The summed E-state index contributed by atoms with van der Waals surface area (Å²) in [4.78, 5) is 12.8. The van der Waals surface area contributed by atoms with Gasteiger partial charge in [-0.05, 0) is 6.07 Å². The molecule has 0 aliphatic rings. The highest BCUT2D eigenvalue weighted by Crippen LogP contribution is 2.32. The minimum Gasteiger partial charge on any atom is -0.470 e. The van der Waals surface area contributed by atoms with Gasteiger partial charge in [-0.2, -0.15) is 13.2 Å². The molecule has 0 unspecified atom stereocenters. The van der Waals surface area contributed by atoms with Crippen molar-refractivity contribution in [1.29, 1.82) is 0 Å². The van der Waals surface area contributed by atoms with E-state index in [1.54, 1.807) is 0 Å². The first-order valence-corrected chi connectivity index (χ1v) is 4.70. The lowest BCUT2D eigenvalue weighted by Crippen LogP contribution is -2.12. The van der Waals surface area contributed by atoms with Crippen molar-refractivity contribution in [2.75, 3.05) is 20.3 Å². The number of pyridine rings is 1. The normalized spacial score (nSPS) is 11.3. The lowest BCUT2D eigenvalue weighted by atomic mass is 10.3. The number of rotatable bonds is 5. The molecule has 100 valence electrons. The molecule has 0 radical (unpaired) electrons. The first-order chi connectivity index (χ1) is 8.36. The van der Waals surface area contributed by atoms with Crippen LogP contribution in [0.15, 0.2) is 12.1 Å². The number of hydrogen-bond acceptors (Lipinski definition) is 5. The van der Waals surface area contributed by atoms with E-state index in [0.717, 1.165) is 0 Å². The van der Waals surface area contributed by atoms with Crippen molar-refractivity contribution in [3.63, 3.8) is 0 Å². The summed E-state index contributed by atoms with van der Waals surface area (Å²) in [6.45, 7) is -0.0548. The molecule has 0 aromatic carbocycles. The summed E-state index contributed by atoms with van der Waals surface area (Å²) in [5, 5.41) is 10.6. The topological polar surface area (TPSA) is 74.5 Å². The van der Waals surface area contributed by atoms with Crippen LogP contribution in [0.5, 0.6) is 5.88 Å². The Balaban J connectivity index is 3.04. The summed E-state index contributed by atoms with van der Waals surface area (Å²) in [6, 6.07) is 1.24. The zero-order valence-corrected chi connectivity index (χ0v) is 9.23. The zero-order valence-electron chi connectivity index (χ0n) is 9.23. The summed E-state index contributed by atoms with van der Waals surface area (Å²) in [7, 11) is 1.36. The molecular weight excluding hydrogens is 257 g/mol. The molecule has 18 heavy (non-hydrogen) atoms. The fourth-order valence-corrected chi connectivity index (χ4v) is 1.06. The lowest BCUT2D eigenvalue weighted by Gasteiger charge is -2.09. The largest absolute Gasteiger partial charge is 0.470 e. The molecule has 1 aromatic heterocycles. The van der Waals surface area contributed by atoms with Crippen LogP contribution >= 0.6 is 0 Å². The van der Waals surface area contributed by atoms with E-state index in [9.17, 15) is 23.3 Å². The van der Waals surface area contributed by atoms with Crippen molar-refractivity contribution in [3.05, 3.63) is 27.9 Å². The maximum Gasteiger partial charge on any atom is 0.433 e. The number of halogens is 3. The van der Waals surface area contributed by atoms with E-state index in [-0.39, 0.29) is 13.2 Å². The van der Waals surface area contributed by atoms with Gasteiger partial charge >= 0.3 is 11.9 Å². The zero-order chi connectivity index (χ0) is 13.8. The number of methoxy groups -OCH3 is 1. The first-order valence-electron chi connectivity index (χ1n) is 4.70. The summed E-state index contributed by atoms with van der Waals surface area (Å²) in [6.07, 6.45) is -4.69. The van der Waals surface area contributed by atoms with E-state index >= 15 is 0 Å². The molecule has 0 amide bonds. The first kappa shape index (κ1) is 14.2. The summed E-state index contributed by atoms with van der Waals surface area (Å²) < 4.78 is 46.5. The monoisotopic (exact) mass is 266 g/mol. The highest BCUT2D eigenvalue weighted by molar-refractivity contribution is 5.42. The molecule has 0 spiro atoms. The van der Waals surface area contributed by atoms with Crippen molar-refractivity contribution in [1.82, 2.24) is 4.98 Å². The molecule has 0 N–H and O–H groups in total. The van der Waals surface area contributed by atoms with Gasteiger partial charge in [0.2, 0.25) is 0 Å². The van der Waals surface area contributed by atoms with Crippen LogP contribution < -0.4 is 4.74 Å². The van der Waals surface area contributed by atoms with Crippen molar-refractivity contribution >= 4 is 5.69 Å². The Hall–Kier alpha value is -1.90. The Morgan fingerprint density at radius 3 is 2.56 bits per heavy atom. The van der Waals surface area contributed by atoms with Crippen LogP contribution in [0.25, 0.3) is 0 Å². The molecule has 0 saturated heterocycles. The van der Waals surface area contributed by atoms with Gasteiger partial charge < -0.3 is 9.47 Å². The maximum atomic E-state index is 12.4. The molecule has 1 aromatic rings. The van der Waals surface area contributed by atoms with Gasteiger partial charge in [0.25, 0.3) is 5.88 Å². The number of hydrogen-bond donors (Lipinski definition) is 0. The molecule has 1 heterocycles. The van der Waals surface area contributed by atoms with E-state index < -0.39 is 28.4 Å². The van der Waals surface area contributed by atoms with Gasteiger partial charge in [-0.15, -0.1) is 0 Å². The molecule has 0 aliphatic carbocycles. The fourth-order valence-electron chi connectivity index (χ4n) is 1.06. The van der Waals surface area contributed by atoms with Crippen LogP contribution in [0.3, 0.4) is 0 Å². The molecular formula is C9H9F3N2O4. The van der Waals surface area contributed by atoms with Crippen LogP contribution in [-0.4, -0.2) is 30.2 Å². The molecule has 9 heteroatoms. The molecule has 0 aliphatic heterocycles. The summed E-state index contributed by atoms with van der Waals surface area (Å²) in [5.41, 5.74) is -1.88. The number of nitrogens with zero attached hydrogens (tertiary/aromatic N) is 2. The van der Waals surface area contributed by atoms with Crippen LogP contribution in [0, 0.1) is 10.1 Å². The van der Waals surface area contributed by atoms with E-state index in [4.69, 9.17) is 4.74 Å².